The zero-order valence-electron chi connectivity index (χ0n) is 19.7. The fourth-order valence-corrected chi connectivity index (χ4v) is 4.30. The van der Waals surface area contributed by atoms with E-state index in [1.165, 1.54) is 15.4 Å². The lowest BCUT2D eigenvalue weighted by Crippen LogP contribution is -2.29. The van der Waals surface area contributed by atoms with E-state index < -0.39 is 5.97 Å². The van der Waals surface area contributed by atoms with E-state index in [0.717, 1.165) is 24.1 Å². The molecule has 0 radical (unpaired) electrons. The number of methoxy groups -OCH3 is 1. The predicted octanol–water partition coefficient (Wildman–Crippen LogP) is 3.00. The van der Waals surface area contributed by atoms with Crippen LogP contribution in [0.3, 0.4) is 0 Å². The van der Waals surface area contributed by atoms with Crippen LogP contribution in [-0.4, -0.2) is 51.5 Å². The molecule has 188 valence electrons. The predicted molar refractivity (Wildman–Crippen MR) is 133 cm³/mol. The molecule has 2 aliphatic rings. The molecule has 1 saturated carbocycles. The van der Waals surface area contributed by atoms with Gasteiger partial charge in [0.2, 0.25) is 0 Å². The number of esters is 1. The van der Waals surface area contributed by atoms with Crippen LogP contribution in [0.4, 0.5) is 0 Å². The molecule has 2 N–H and O–H groups in total. The van der Waals surface area contributed by atoms with Crippen LogP contribution >= 0.6 is 11.6 Å². The van der Waals surface area contributed by atoms with Crippen molar-refractivity contribution in [1.29, 1.82) is 0 Å². The Bertz CT molecular complexity index is 1400. The lowest BCUT2D eigenvalue weighted by molar-refractivity contribution is -0.151. The van der Waals surface area contributed by atoms with Gasteiger partial charge in [-0.05, 0) is 43.4 Å². The Kier molecular flexibility index (Phi) is 6.80. The lowest BCUT2D eigenvalue weighted by Gasteiger charge is -2.23. The normalized spacial score (nSPS) is 16.6. The Balaban J connectivity index is 1.38. The number of rotatable bonds is 9. The number of hydrogen-bond acceptors (Lipinski definition) is 8. The summed E-state index contributed by atoms with van der Waals surface area (Å²) in [6.45, 7) is 0.0781. The second-order valence-corrected chi connectivity index (χ2v) is 9.17. The zero-order valence-corrected chi connectivity index (χ0v) is 20.5. The molecule has 3 aromatic rings. The number of fused-ring (bicyclic) bond motifs is 1. The summed E-state index contributed by atoms with van der Waals surface area (Å²) < 4.78 is 20.1. The largest absolute Gasteiger partial charge is 0.493 e. The molecule has 0 spiro atoms. The number of halogens is 1. The van der Waals surface area contributed by atoms with Crippen molar-refractivity contribution in [3.8, 4) is 11.3 Å². The molecule has 36 heavy (non-hydrogen) atoms. The molecule has 5 rings (SSSR count). The third-order valence-electron chi connectivity index (χ3n) is 6.28. The molecule has 1 atom stereocenters. The molecule has 3 heterocycles. The van der Waals surface area contributed by atoms with Gasteiger partial charge in [-0.25, -0.2) is 4.52 Å². The first-order valence-corrected chi connectivity index (χ1v) is 12.1. The van der Waals surface area contributed by atoms with E-state index in [1.807, 2.05) is 0 Å². The SMILES string of the molecule is COC1=C(OC[C@H](OC(=O)CN)C2CC2)CCC(n2cnn3cc(-c4ccc(Cl)cn4)cc3c2=O)=C1. The van der Waals surface area contributed by atoms with E-state index in [9.17, 15) is 9.59 Å². The number of nitrogens with zero attached hydrogens (tertiary/aromatic N) is 4. The summed E-state index contributed by atoms with van der Waals surface area (Å²) in [6, 6.07) is 5.30. The monoisotopic (exact) mass is 511 g/mol. The molecule has 0 aromatic carbocycles. The van der Waals surface area contributed by atoms with E-state index in [0.29, 0.717) is 46.5 Å². The maximum absolute atomic E-state index is 13.3. The number of carbonyl (C=O) groups is 1. The van der Waals surface area contributed by atoms with Gasteiger partial charge in [0.05, 0.1) is 24.4 Å². The van der Waals surface area contributed by atoms with E-state index >= 15 is 0 Å². The van der Waals surface area contributed by atoms with Crippen LogP contribution in [0.2, 0.25) is 5.02 Å². The number of carbonyl (C=O) groups excluding carboxylic acids is 1. The topological polar surface area (TPSA) is 123 Å². The van der Waals surface area contributed by atoms with Gasteiger partial charge in [-0.1, -0.05) is 11.6 Å². The molecular formula is C25H26ClN5O5. The van der Waals surface area contributed by atoms with Crippen molar-refractivity contribution in [2.24, 2.45) is 11.7 Å². The number of nitrogens with two attached hydrogens (primary N) is 1. The smallest absolute Gasteiger partial charge is 0.320 e. The Morgan fingerprint density at radius 2 is 2.14 bits per heavy atom. The third kappa shape index (κ3) is 5.00. The van der Waals surface area contributed by atoms with Gasteiger partial charge in [-0.3, -0.25) is 19.1 Å². The van der Waals surface area contributed by atoms with Crippen molar-refractivity contribution in [3.63, 3.8) is 0 Å². The van der Waals surface area contributed by atoms with Gasteiger partial charge in [0.1, 0.15) is 30.3 Å². The van der Waals surface area contributed by atoms with Gasteiger partial charge in [-0.15, -0.1) is 0 Å². The van der Waals surface area contributed by atoms with Crippen LogP contribution < -0.4 is 11.3 Å². The highest BCUT2D eigenvalue weighted by molar-refractivity contribution is 6.30. The van der Waals surface area contributed by atoms with E-state index in [1.54, 1.807) is 43.8 Å². The average Bonchev–Trinajstić information content (AvgIpc) is 3.65. The van der Waals surface area contributed by atoms with Gasteiger partial charge >= 0.3 is 5.97 Å². The highest BCUT2D eigenvalue weighted by Crippen LogP contribution is 2.36. The molecule has 0 saturated heterocycles. The summed E-state index contributed by atoms with van der Waals surface area (Å²) in [4.78, 5) is 29.3. The minimum atomic E-state index is -0.440. The van der Waals surface area contributed by atoms with Gasteiger partial charge in [-0.2, -0.15) is 5.10 Å². The molecule has 0 bridgehead atoms. The van der Waals surface area contributed by atoms with E-state index in [4.69, 9.17) is 31.5 Å². The molecule has 0 unspecified atom stereocenters. The maximum atomic E-state index is 13.3. The first-order chi connectivity index (χ1) is 17.5. The van der Waals surface area contributed by atoms with Crippen molar-refractivity contribution in [1.82, 2.24) is 19.2 Å². The van der Waals surface area contributed by atoms with Crippen molar-refractivity contribution in [2.45, 2.75) is 31.8 Å². The lowest BCUT2D eigenvalue weighted by atomic mass is 10.1. The fourth-order valence-electron chi connectivity index (χ4n) is 4.19. The van der Waals surface area contributed by atoms with Gasteiger partial charge in [0, 0.05) is 36.2 Å². The van der Waals surface area contributed by atoms with E-state index in [2.05, 4.69) is 10.1 Å². The van der Waals surface area contributed by atoms with Crippen LogP contribution in [0, 0.1) is 5.92 Å². The van der Waals surface area contributed by atoms with Gasteiger partial charge in [0.25, 0.3) is 5.56 Å². The first-order valence-electron chi connectivity index (χ1n) is 11.7. The summed E-state index contributed by atoms with van der Waals surface area (Å²) in [5.41, 5.74) is 7.79. The molecule has 2 aliphatic carbocycles. The van der Waals surface area contributed by atoms with Crippen LogP contribution in [0.5, 0.6) is 0 Å². The summed E-state index contributed by atoms with van der Waals surface area (Å²) in [6.07, 6.45) is 9.33. The summed E-state index contributed by atoms with van der Waals surface area (Å²) in [5, 5.41) is 4.95. The third-order valence-corrected chi connectivity index (χ3v) is 6.51. The molecule has 0 amide bonds. The second-order valence-electron chi connectivity index (χ2n) is 8.73. The molecule has 1 fully saturated rings. The van der Waals surface area contributed by atoms with Crippen molar-refractivity contribution < 1.29 is 19.0 Å². The number of aromatic nitrogens is 4. The number of ether oxygens (including phenoxy) is 3. The number of pyridine rings is 1. The molecular weight excluding hydrogens is 486 g/mol. The molecule has 11 heteroatoms. The van der Waals surface area contributed by atoms with Crippen LogP contribution in [-0.2, 0) is 19.0 Å². The average molecular weight is 512 g/mol. The first kappa shape index (κ1) is 24.1. The Labute approximate surface area is 211 Å². The van der Waals surface area contributed by atoms with Crippen molar-refractivity contribution >= 4 is 28.8 Å². The maximum Gasteiger partial charge on any atom is 0.320 e. The van der Waals surface area contributed by atoms with Gasteiger partial charge in [0.15, 0.2) is 5.76 Å². The number of hydrogen-bond donors (Lipinski definition) is 1. The Morgan fingerprint density at radius 1 is 1.31 bits per heavy atom. The number of allylic oxidation sites excluding steroid dienone is 3. The zero-order chi connectivity index (χ0) is 25.2. The van der Waals surface area contributed by atoms with E-state index in [-0.39, 0.29) is 24.8 Å². The fraction of sp³-hybridized carbons (Fsp3) is 0.360. The minimum Gasteiger partial charge on any atom is -0.493 e. The highest BCUT2D eigenvalue weighted by Gasteiger charge is 2.35. The molecule has 3 aromatic heterocycles. The van der Waals surface area contributed by atoms with Crippen molar-refractivity contribution in [2.75, 3.05) is 20.3 Å². The minimum absolute atomic E-state index is 0.159. The van der Waals surface area contributed by atoms with Crippen LogP contribution in [0.25, 0.3) is 22.5 Å². The second kappa shape index (κ2) is 10.2. The highest BCUT2D eigenvalue weighted by atomic mass is 35.5. The molecule has 10 nitrogen and oxygen atoms in total. The van der Waals surface area contributed by atoms with Crippen LogP contribution in [0.1, 0.15) is 25.7 Å². The molecule has 0 aliphatic heterocycles. The summed E-state index contributed by atoms with van der Waals surface area (Å²) >= 11 is 5.93. The van der Waals surface area contributed by atoms with Gasteiger partial charge < -0.3 is 19.9 Å². The quantitative estimate of drug-likeness (QED) is 0.435. The Hall–Kier alpha value is -3.63. The summed E-state index contributed by atoms with van der Waals surface area (Å²) in [5.74, 6) is 1.03. The standard InChI is InChI=1S/C25H26ClN5O5/c1-34-22-9-18(5-7-21(22)35-13-23(15-2-3-15)36-24(32)10-27)30-14-29-31-12-16(8-20(31)25(30)33)19-6-4-17(26)11-28-19/h4,6,8-9,11-12,14-15,23H,2-3,5,7,10,13,27H2,1H3/t23-/m0/s1. The van der Waals surface area contributed by atoms with Crippen molar-refractivity contribution in [3.05, 3.63) is 69.9 Å². The summed E-state index contributed by atoms with van der Waals surface area (Å²) in [7, 11) is 1.55. The Morgan fingerprint density at radius 3 is 2.83 bits per heavy atom. The van der Waals surface area contributed by atoms with Crippen LogP contribution in [0.15, 0.2) is 59.3 Å².